The van der Waals surface area contributed by atoms with E-state index >= 15 is 0 Å². The average molecular weight is 493 g/mol. The molecule has 0 atom stereocenters. The van der Waals surface area contributed by atoms with Gasteiger partial charge < -0.3 is 14.6 Å². The molecule has 0 spiro atoms. The molecule has 5 rings (SSSR count). The van der Waals surface area contributed by atoms with Crippen LogP contribution in [0.25, 0.3) is 16.5 Å². The van der Waals surface area contributed by atoms with Crippen LogP contribution in [0.1, 0.15) is 52.3 Å². The van der Waals surface area contributed by atoms with Gasteiger partial charge in [-0.15, -0.1) is 11.3 Å². The summed E-state index contributed by atoms with van der Waals surface area (Å²) in [7, 11) is 3.75. The van der Waals surface area contributed by atoms with Crippen molar-refractivity contribution in [2.75, 3.05) is 40.4 Å². The van der Waals surface area contributed by atoms with Gasteiger partial charge in [-0.3, -0.25) is 4.90 Å². The predicted octanol–water partition coefficient (Wildman–Crippen LogP) is 5.55. The van der Waals surface area contributed by atoms with Crippen molar-refractivity contribution in [2.45, 2.75) is 45.6 Å². The maximum atomic E-state index is 9.01. The van der Waals surface area contributed by atoms with Crippen LogP contribution in [0.5, 0.6) is 0 Å². The van der Waals surface area contributed by atoms with E-state index in [9.17, 15) is 0 Å². The topological polar surface area (TPSA) is 74.3 Å². The highest BCUT2D eigenvalue weighted by Crippen LogP contribution is 2.32. The fourth-order valence-corrected chi connectivity index (χ4v) is 5.85. The van der Waals surface area contributed by atoms with Gasteiger partial charge in [0.05, 0.1) is 18.9 Å². The molecule has 4 heterocycles. The summed E-state index contributed by atoms with van der Waals surface area (Å²) in [6.45, 7) is 6.86. The lowest BCUT2D eigenvalue weighted by molar-refractivity contribution is 0.161. The van der Waals surface area contributed by atoms with E-state index in [1.165, 1.54) is 39.8 Å². The molecule has 6 nitrogen and oxygen atoms in total. The third-order valence-corrected chi connectivity index (χ3v) is 7.90. The number of thiophene rings is 1. The van der Waals surface area contributed by atoms with E-state index in [2.05, 4.69) is 52.6 Å². The van der Waals surface area contributed by atoms with Crippen molar-refractivity contribution in [3.05, 3.63) is 56.9 Å². The number of piperidine rings is 1. The van der Waals surface area contributed by atoms with E-state index in [-0.39, 0.29) is 0 Å². The third-order valence-electron chi connectivity index (χ3n) is 6.92. The first-order valence-corrected chi connectivity index (χ1v) is 13.4. The second kappa shape index (κ2) is 12.5. The van der Waals surface area contributed by atoms with Crippen LogP contribution >= 0.6 is 11.3 Å². The molecule has 2 aromatic heterocycles. The zero-order valence-electron chi connectivity index (χ0n) is 21.1. The van der Waals surface area contributed by atoms with Crippen molar-refractivity contribution in [3.8, 4) is 6.07 Å². The van der Waals surface area contributed by atoms with Gasteiger partial charge in [0, 0.05) is 22.4 Å². The number of nitrogens with zero attached hydrogens (tertiary/aromatic N) is 3. The van der Waals surface area contributed by atoms with Crippen LogP contribution in [-0.4, -0.2) is 50.5 Å². The minimum atomic E-state index is 0.696. The second-order valence-electron chi connectivity index (χ2n) is 9.43. The first-order valence-electron chi connectivity index (χ1n) is 12.6. The van der Waals surface area contributed by atoms with E-state index in [0.29, 0.717) is 6.61 Å². The number of nitrogens with one attached hydrogen (secondary N) is 1. The van der Waals surface area contributed by atoms with Crippen molar-refractivity contribution < 1.29 is 9.26 Å². The summed E-state index contributed by atoms with van der Waals surface area (Å²) in [5.41, 5.74) is 5.85. The third kappa shape index (κ3) is 6.39. The van der Waals surface area contributed by atoms with Gasteiger partial charge in [0.25, 0.3) is 0 Å². The van der Waals surface area contributed by atoms with E-state index in [1.807, 2.05) is 20.2 Å². The minimum absolute atomic E-state index is 0.696. The number of likely N-dealkylation sites (tertiary alicyclic amines) is 1. The van der Waals surface area contributed by atoms with Crippen LogP contribution in [0, 0.1) is 24.2 Å². The van der Waals surface area contributed by atoms with Gasteiger partial charge in [-0.2, -0.15) is 5.26 Å². The Labute approximate surface area is 212 Å². The summed E-state index contributed by atoms with van der Waals surface area (Å²) in [4.78, 5) is 4.62. The molecule has 7 heteroatoms. The van der Waals surface area contributed by atoms with Crippen molar-refractivity contribution in [1.29, 1.82) is 5.26 Å². The molecule has 0 amide bonds. The van der Waals surface area contributed by atoms with Crippen LogP contribution < -0.4 is 5.32 Å². The Bertz CT molecular complexity index is 1180. The average Bonchev–Trinajstić information content (AvgIpc) is 3.52. The number of aryl methyl sites for hydroxylation is 2. The highest BCUT2D eigenvalue weighted by atomic mass is 32.1. The summed E-state index contributed by atoms with van der Waals surface area (Å²) >= 11 is 1.62. The number of hydrogen-bond donors (Lipinski definition) is 1. The highest BCUT2D eigenvalue weighted by Gasteiger charge is 2.21. The number of aromatic nitrogens is 1. The number of fused-ring (bicyclic) bond motifs is 1. The smallest absolute Gasteiger partial charge is 0.170 e. The SMILES string of the molecule is CNC.Cc1c(C2=CCOCC2)ccc2c(CCC3CCN(Cc4ccc(C#N)s4)CC3)noc12. The standard InChI is InChI=1S/C26H29N3O2S.C2H7N/c1-18-23(20-10-14-30-15-11-20)5-6-24-25(28-31-26(18)24)7-2-19-8-12-29(13-9-19)17-22-4-3-21(16-27)32-22;1-3-2/h3-6,10,19H,2,7-9,11-15,17H2,1H3;3H,1-2H3. The molecule has 2 aliphatic rings. The molecule has 0 saturated carbocycles. The van der Waals surface area contributed by atoms with Crippen LogP contribution in [-0.2, 0) is 17.7 Å². The molecule has 186 valence electrons. The lowest BCUT2D eigenvalue weighted by atomic mass is 9.90. The van der Waals surface area contributed by atoms with E-state index < -0.39 is 0 Å². The molecule has 2 aliphatic heterocycles. The maximum Gasteiger partial charge on any atom is 0.170 e. The monoisotopic (exact) mass is 492 g/mol. The Morgan fingerprint density at radius 2 is 2.00 bits per heavy atom. The normalized spacial score (nSPS) is 17.0. The molecule has 1 saturated heterocycles. The number of rotatable bonds is 6. The predicted molar refractivity (Wildman–Crippen MR) is 142 cm³/mol. The van der Waals surface area contributed by atoms with E-state index in [0.717, 1.165) is 67.6 Å². The molecule has 3 aromatic rings. The summed E-state index contributed by atoms with van der Waals surface area (Å²) in [6, 6.07) is 10.7. The Kier molecular flexibility index (Phi) is 9.11. The number of benzene rings is 1. The van der Waals surface area contributed by atoms with Crippen molar-refractivity contribution in [2.24, 2.45) is 5.92 Å². The molecule has 0 radical (unpaired) electrons. The summed E-state index contributed by atoms with van der Waals surface area (Å²) in [5, 5.41) is 17.4. The lowest BCUT2D eigenvalue weighted by Crippen LogP contribution is -2.33. The quantitative estimate of drug-likeness (QED) is 0.486. The molecule has 0 bridgehead atoms. The zero-order chi connectivity index (χ0) is 24.6. The van der Waals surface area contributed by atoms with Gasteiger partial charge in [-0.25, -0.2) is 0 Å². The van der Waals surface area contributed by atoms with Crippen molar-refractivity contribution in [1.82, 2.24) is 15.4 Å². The van der Waals surface area contributed by atoms with E-state index in [1.54, 1.807) is 11.3 Å². The van der Waals surface area contributed by atoms with E-state index in [4.69, 9.17) is 14.5 Å². The minimum Gasteiger partial charge on any atom is -0.377 e. The summed E-state index contributed by atoms with van der Waals surface area (Å²) < 4.78 is 11.3. The number of nitriles is 1. The Morgan fingerprint density at radius 3 is 2.69 bits per heavy atom. The first-order chi connectivity index (χ1) is 17.1. The van der Waals surface area contributed by atoms with Crippen molar-refractivity contribution >= 4 is 27.9 Å². The lowest BCUT2D eigenvalue weighted by Gasteiger charge is -2.31. The van der Waals surface area contributed by atoms with Crippen LogP contribution in [0.4, 0.5) is 0 Å². The molecular weight excluding hydrogens is 456 g/mol. The molecule has 1 fully saturated rings. The number of ether oxygens (including phenoxy) is 1. The van der Waals surface area contributed by atoms with Gasteiger partial charge in [-0.05, 0) is 101 Å². The largest absolute Gasteiger partial charge is 0.377 e. The van der Waals surface area contributed by atoms with Gasteiger partial charge in [0.2, 0.25) is 0 Å². The van der Waals surface area contributed by atoms with Crippen molar-refractivity contribution in [3.63, 3.8) is 0 Å². The number of hydrogen-bond acceptors (Lipinski definition) is 7. The van der Waals surface area contributed by atoms with Gasteiger partial charge in [0.1, 0.15) is 10.9 Å². The van der Waals surface area contributed by atoms with Crippen LogP contribution in [0.2, 0.25) is 0 Å². The molecule has 35 heavy (non-hydrogen) atoms. The Morgan fingerprint density at radius 1 is 1.20 bits per heavy atom. The highest BCUT2D eigenvalue weighted by molar-refractivity contribution is 7.12. The maximum absolute atomic E-state index is 9.01. The van der Waals surface area contributed by atoms with Gasteiger partial charge >= 0.3 is 0 Å². The molecule has 0 unspecified atom stereocenters. The summed E-state index contributed by atoms with van der Waals surface area (Å²) in [5.74, 6) is 0.740. The van der Waals surface area contributed by atoms with Gasteiger partial charge in [0.15, 0.2) is 5.58 Å². The van der Waals surface area contributed by atoms with Crippen LogP contribution in [0.3, 0.4) is 0 Å². The summed E-state index contributed by atoms with van der Waals surface area (Å²) in [6.07, 6.45) is 7.73. The second-order valence-corrected chi connectivity index (χ2v) is 10.6. The molecule has 0 aliphatic carbocycles. The zero-order valence-corrected chi connectivity index (χ0v) is 21.9. The van der Waals surface area contributed by atoms with Crippen LogP contribution in [0.15, 0.2) is 34.9 Å². The first kappa shape index (κ1) is 25.6. The molecular formula is C28H36N4O2S. The Hall–Kier alpha value is -2.50. The fourth-order valence-electron chi connectivity index (χ4n) is 5.00. The molecule has 1 N–H and O–H groups in total. The Balaban J connectivity index is 0.000000917. The van der Waals surface area contributed by atoms with Gasteiger partial charge in [-0.1, -0.05) is 17.3 Å². The fraction of sp³-hybridized carbons (Fsp3) is 0.500. The molecule has 1 aromatic carbocycles.